The summed E-state index contributed by atoms with van der Waals surface area (Å²) in [7, 11) is 0. The molecule has 0 amide bonds. The van der Waals surface area contributed by atoms with E-state index in [0.29, 0.717) is 5.92 Å². The average Bonchev–Trinajstić information content (AvgIpc) is 2.84. The van der Waals surface area contributed by atoms with Gasteiger partial charge in [0.1, 0.15) is 11.0 Å². The van der Waals surface area contributed by atoms with Gasteiger partial charge in [0.05, 0.1) is 6.04 Å². The quantitative estimate of drug-likeness (QED) is 0.766. The first-order valence-electron chi connectivity index (χ1n) is 6.82. The van der Waals surface area contributed by atoms with E-state index >= 15 is 0 Å². The van der Waals surface area contributed by atoms with Gasteiger partial charge in [-0.2, -0.15) is 15.0 Å². The van der Waals surface area contributed by atoms with Crippen molar-refractivity contribution < 1.29 is 0 Å². The smallest absolute Gasteiger partial charge is 0.113 e. The fourth-order valence-corrected chi connectivity index (χ4v) is 2.96. The first-order chi connectivity index (χ1) is 8.88. The van der Waals surface area contributed by atoms with Crippen molar-refractivity contribution in [1.82, 2.24) is 15.0 Å². The second-order valence-corrected chi connectivity index (χ2v) is 5.13. The van der Waals surface area contributed by atoms with Crippen LogP contribution in [0.4, 0.5) is 0 Å². The fraction of sp³-hybridized carbons (Fsp3) is 0.467. The van der Waals surface area contributed by atoms with Gasteiger partial charge in [-0.25, -0.2) is 0 Å². The summed E-state index contributed by atoms with van der Waals surface area (Å²) >= 11 is 0. The predicted molar refractivity (Wildman–Crippen MR) is 73.3 cm³/mol. The molecule has 3 rings (SSSR count). The number of rotatable bonds is 3. The van der Waals surface area contributed by atoms with Crippen LogP contribution in [0.1, 0.15) is 38.1 Å². The molecule has 2 aromatic rings. The van der Waals surface area contributed by atoms with E-state index in [1.165, 1.54) is 32.1 Å². The third-order valence-electron chi connectivity index (χ3n) is 3.94. The van der Waals surface area contributed by atoms with Crippen LogP contribution in [0.25, 0.3) is 11.0 Å². The summed E-state index contributed by atoms with van der Waals surface area (Å²) in [5, 5.41) is 9.19. The minimum absolute atomic E-state index is 0.248. The zero-order chi connectivity index (χ0) is 12.4. The molecular formula is C15H19N3. The Balaban J connectivity index is 1.92. The summed E-state index contributed by atoms with van der Waals surface area (Å²) in [6.07, 6.45) is 8.58. The van der Waals surface area contributed by atoms with Gasteiger partial charge in [0.15, 0.2) is 0 Å². The molecule has 0 N–H and O–H groups in total. The van der Waals surface area contributed by atoms with Crippen LogP contribution in [0.2, 0.25) is 0 Å². The Labute approximate surface area is 107 Å². The summed E-state index contributed by atoms with van der Waals surface area (Å²) in [5.41, 5.74) is 1.94. The maximum absolute atomic E-state index is 4.59. The highest BCUT2D eigenvalue weighted by molar-refractivity contribution is 5.73. The second kappa shape index (κ2) is 4.92. The van der Waals surface area contributed by atoms with Gasteiger partial charge in [-0.1, -0.05) is 37.5 Å². The molecule has 0 bridgehead atoms. The number of hydrogen-bond donors (Lipinski definition) is 0. The summed E-state index contributed by atoms with van der Waals surface area (Å²) in [6.45, 7) is 3.98. The molecule has 1 atom stereocenters. The summed E-state index contributed by atoms with van der Waals surface area (Å²) in [5.74, 6) is 0.651. The summed E-state index contributed by atoms with van der Waals surface area (Å²) < 4.78 is 0. The lowest BCUT2D eigenvalue weighted by atomic mass is 9.84. The minimum atomic E-state index is 0.248. The van der Waals surface area contributed by atoms with Crippen LogP contribution in [0.3, 0.4) is 0 Å². The third-order valence-corrected chi connectivity index (χ3v) is 3.94. The van der Waals surface area contributed by atoms with Crippen LogP contribution in [0, 0.1) is 5.92 Å². The lowest BCUT2D eigenvalue weighted by molar-refractivity contribution is 0.258. The van der Waals surface area contributed by atoms with Gasteiger partial charge in [-0.3, -0.25) is 0 Å². The van der Waals surface area contributed by atoms with Crippen molar-refractivity contribution in [2.45, 2.75) is 38.1 Å². The maximum Gasteiger partial charge on any atom is 0.113 e. The van der Waals surface area contributed by atoms with Crippen molar-refractivity contribution in [1.29, 1.82) is 0 Å². The maximum atomic E-state index is 4.59. The molecule has 0 saturated heterocycles. The van der Waals surface area contributed by atoms with Crippen molar-refractivity contribution in [3.63, 3.8) is 0 Å². The molecular weight excluding hydrogens is 222 g/mol. The topological polar surface area (TPSA) is 30.7 Å². The molecule has 1 aliphatic carbocycles. The molecule has 18 heavy (non-hydrogen) atoms. The van der Waals surface area contributed by atoms with Gasteiger partial charge in [0, 0.05) is 0 Å². The molecule has 94 valence electrons. The van der Waals surface area contributed by atoms with E-state index in [1.54, 1.807) is 0 Å². The zero-order valence-electron chi connectivity index (χ0n) is 10.6. The van der Waals surface area contributed by atoms with E-state index < -0.39 is 0 Å². The Morgan fingerprint density at radius 3 is 2.28 bits per heavy atom. The number of fused-ring (bicyclic) bond motifs is 1. The van der Waals surface area contributed by atoms with E-state index in [2.05, 4.69) is 16.8 Å². The molecule has 3 heteroatoms. The zero-order valence-corrected chi connectivity index (χ0v) is 10.6. The first kappa shape index (κ1) is 11.5. The molecule has 1 aromatic heterocycles. The molecule has 0 aliphatic heterocycles. The normalized spacial score (nSPS) is 18.9. The van der Waals surface area contributed by atoms with E-state index in [4.69, 9.17) is 0 Å². The van der Waals surface area contributed by atoms with Crippen molar-refractivity contribution in [2.75, 3.05) is 0 Å². The third kappa shape index (κ3) is 2.05. The molecule has 1 aromatic carbocycles. The summed E-state index contributed by atoms with van der Waals surface area (Å²) in [4.78, 5) is 1.87. The number of hydrogen-bond acceptors (Lipinski definition) is 2. The lowest BCUT2D eigenvalue weighted by Crippen LogP contribution is -2.22. The minimum Gasteiger partial charge on any atom is -0.176 e. The highest BCUT2D eigenvalue weighted by atomic mass is 15.5. The monoisotopic (exact) mass is 241 g/mol. The largest absolute Gasteiger partial charge is 0.176 e. The van der Waals surface area contributed by atoms with Gasteiger partial charge < -0.3 is 0 Å². The number of benzene rings is 1. The predicted octanol–water partition coefficient (Wildman–Crippen LogP) is 3.74. The Morgan fingerprint density at radius 1 is 1.11 bits per heavy atom. The molecule has 1 saturated carbocycles. The van der Waals surface area contributed by atoms with E-state index in [-0.39, 0.29) is 6.04 Å². The molecule has 0 radical (unpaired) electrons. The van der Waals surface area contributed by atoms with Crippen LogP contribution < -0.4 is 0 Å². The molecule has 1 heterocycles. The highest BCUT2D eigenvalue weighted by Gasteiger charge is 2.24. The number of allylic oxidation sites excluding steroid dienone is 1. The van der Waals surface area contributed by atoms with Gasteiger partial charge in [-0.05, 0) is 30.9 Å². The van der Waals surface area contributed by atoms with Crippen LogP contribution in [-0.4, -0.2) is 15.0 Å². The van der Waals surface area contributed by atoms with Crippen molar-refractivity contribution in [3.8, 4) is 0 Å². The second-order valence-electron chi connectivity index (χ2n) is 5.13. The Hall–Kier alpha value is -1.64. The van der Waals surface area contributed by atoms with Crippen molar-refractivity contribution >= 4 is 11.0 Å². The van der Waals surface area contributed by atoms with Gasteiger partial charge in [-0.15, -0.1) is 6.58 Å². The molecule has 3 nitrogen and oxygen atoms in total. The van der Waals surface area contributed by atoms with E-state index in [0.717, 1.165) is 11.0 Å². The molecule has 1 unspecified atom stereocenters. The van der Waals surface area contributed by atoms with Crippen LogP contribution in [0.15, 0.2) is 36.9 Å². The van der Waals surface area contributed by atoms with Crippen molar-refractivity contribution in [2.24, 2.45) is 5.92 Å². The van der Waals surface area contributed by atoms with E-state index in [9.17, 15) is 0 Å². The van der Waals surface area contributed by atoms with E-state index in [1.807, 2.05) is 35.1 Å². The Morgan fingerprint density at radius 2 is 1.72 bits per heavy atom. The fourth-order valence-electron chi connectivity index (χ4n) is 2.96. The van der Waals surface area contributed by atoms with Gasteiger partial charge in [0.2, 0.25) is 0 Å². The SMILES string of the molecule is C=CC(C1CCCCC1)n1nc2ccccc2n1. The van der Waals surface area contributed by atoms with Crippen LogP contribution in [0.5, 0.6) is 0 Å². The molecule has 0 spiro atoms. The highest BCUT2D eigenvalue weighted by Crippen LogP contribution is 2.33. The Bertz CT molecular complexity index is 504. The number of nitrogens with zero attached hydrogens (tertiary/aromatic N) is 3. The average molecular weight is 241 g/mol. The van der Waals surface area contributed by atoms with Gasteiger partial charge >= 0.3 is 0 Å². The first-order valence-corrected chi connectivity index (χ1v) is 6.82. The van der Waals surface area contributed by atoms with Crippen molar-refractivity contribution in [3.05, 3.63) is 36.9 Å². The van der Waals surface area contributed by atoms with Crippen LogP contribution in [-0.2, 0) is 0 Å². The van der Waals surface area contributed by atoms with Crippen LogP contribution >= 0.6 is 0 Å². The molecule has 1 fully saturated rings. The lowest BCUT2D eigenvalue weighted by Gasteiger charge is -2.27. The number of aromatic nitrogens is 3. The summed E-state index contributed by atoms with van der Waals surface area (Å²) in [6, 6.07) is 8.29. The van der Waals surface area contributed by atoms with Gasteiger partial charge in [0.25, 0.3) is 0 Å². The Kier molecular flexibility index (Phi) is 3.13. The standard InChI is InChI=1S/C15H19N3/c1-2-15(12-8-4-3-5-9-12)18-16-13-10-6-7-11-14(13)17-18/h2,6-7,10-12,15H,1,3-5,8-9H2. The molecule has 1 aliphatic rings.